The molecule has 0 aromatic heterocycles. The lowest BCUT2D eigenvalue weighted by molar-refractivity contribution is 0.115. The van der Waals surface area contributed by atoms with Crippen LogP contribution in [0, 0.1) is 0 Å². The molecule has 0 radical (unpaired) electrons. The number of hydrogen-bond acceptors (Lipinski definition) is 3. The van der Waals surface area contributed by atoms with E-state index in [1.165, 1.54) is 6.42 Å². The summed E-state index contributed by atoms with van der Waals surface area (Å²) in [6.07, 6.45) is 3.90. The largest absolute Gasteiger partial charge is 0.493 e. The zero-order valence-corrected chi connectivity index (χ0v) is 9.03. The van der Waals surface area contributed by atoms with Crippen molar-refractivity contribution in [2.75, 3.05) is 7.11 Å². The summed E-state index contributed by atoms with van der Waals surface area (Å²) in [5.41, 5.74) is 6.69. The van der Waals surface area contributed by atoms with Gasteiger partial charge in [-0.25, -0.2) is 0 Å². The van der Waals surface area contributed by atoms with Gasteiger partial charge in [-0.2, -0.15) is 0 Å². The molecule has 1 aromatic rings. The predicted octanol–water partition coefficient (Wildman–Crippen LogP) is 2.09. The Labute approximate surface area is 90.2 Å². The monoisotopic (exact) mass is 207 g/mol. The van der Waals surface area contributed by atoms with Gasteiger partial charge in [-0.15, -0.1) is 0 Å². The minimum Gasteiger partial charge on any atom is -0.493 e. The fraction of sp³-hybridized carbons (Fsp3) is 0.500. The molecule has 0 amide bonds. The molecule has 0 saturated heterocycles. The van der Waals surface area contributed by atoms with Gasteiger partial charge in [0.1, 0.15) is 0 Å². The Morgan fingerprint density at radius 1 is 1.40 bits per heavy atom. The van der Waals surface area contributed by atoms with Gasteiger partial charge in [0.05, 0.1) is 13.2 Å². The van der Waals surface area contributed by atoms with Crippen LogP contribution in [0.5, 0.6) is 11.5 Å². The van der Waals surface area contributed by atoms with Crippen molar-refractivity contribution >= 4 is 0 Å². The number of nitrogens with two attached hydrogens (primary N) is 1. The number of hydrogen-bond donors (Lipinski definition) is 1. The highest BCUT2D eigenvalue weighted by atomic mass is 16.5. The molecular weight excluding hydrogens is 190 g/mol. The molecule has 2 N–H and O–H groups in total. The standard InChI is InChI=1S/C12H17NO2/c1-14-11-7-2-4-9(8-13)12(11)15-10-5-3-6-10/h2,4,7,10H,3,5-6,8,13H2,1H3. The maximum absolute atomic E-state index is 5.89. The molecule has 0 unspecified atom stereocenters. The molecular formula is C12H17NO2. The van der Waals surface area contributed by atoms with Gasteiger partial charge in [-0.05, 0) is 25.3 Å². The summed E-state index contributed by atoms with van der Waals surface area (Å²) >= 11 is 0. The summed E-state index contributed by atoms with van der Waals surface area (Å²) in [5.74, 6) is 1.61. The van der Waals surface area contributed by atoms with Gasteiger partial charge in [-0.1, -0.05) is 12.1 Å². The van der Waals surface area contributed by atoms with E-state index in [2.05, 4.69) is 0 Å². The van der Waals surface area contributed by atoms with Crippen molar-refractivity contribution in [3.8, 4) is 11.5 Å². The molecule has 1 fully saturated rings. The highest BCUT2D eigenvalue weighted by Gasteiger charge is 2.22. The molecule has 1 aliphatic rings. The minimum atomic E-state index is 0.353. The van der Waals surface area contributed by atoms with Gasteiger partial charge in [0, 0.05) is 12.1 Å². The number of methoxy groups -OCH3 is 1. The van der Waals surface area contributed by atoms with Crippen molar-refractivity contribution in [3.63, 3.8) is 0 Å². The van der Waals surface area contributed by atoms with Crippen molar-refractivity contribution in [3.05, 3.63) is 23.8 Å². The van der Waals surface area contributed by atoms with E-state index >= 15 is 0 Å². The lowest BCUT2D eigenvalue weighted by atomic mass is 9.96. The first-order chi connectivity index (χ1) is 7.35. The third-order valence-electron chi connectivity index (χ3n) is 2.84. The van der Waals surface area contributed by atoms with E-state index in [4.69, 9.17) is 15.2 Å². The Morgan fingerprint density at radius 2 is 2.20 bits per heavy atom. The zero-order valence-electron chi connectivity index (χ0n) is 9.03. The summed E-state index contributed by atoms with van der Waals surface area (Å²) in [7, 11) is 1.66. The molecule has 15 heavy (non-hydrogen) atoms. The first-order valence-corrected chi connectivity index (χ1v) is 5.37. The van der Waals surface area contributed by atoms with E-state index in [-0.39, 0.29) is 0 Å². The van der Waals surface area contributed by atoms with Crippen LogP contribution in [0.1, 0.15) is 24.8 Å². The second-order valence-electron chi connectivity index (χ2n) is 3.82. The fourth-order valence-corrected chi connectivity index (χ4v) is 1.67. The van der Waals surface area contributed by atoms with Gasteiger partial charge >= 0.3 is 0 Å². The number of para-hydroxylation sites is 1. The van der Waals surface area contributed by atoms with Gasteiger partial charge in [-0.3, -0.25) is 0 Å². The highest BCUT2D eigenvalue weighted by molar-refractivity contribution is 5.46. The maximum atomic E-state index is 5.89. The molecule has 2 rings (SSSR count). The molecule has 0 aliphatic heterocycles. The molecule has 0 heterocycles. The summed E-state index contributed by atoms with van der Waals surface area (Å²) in [6, 6.07) is 5.83. The summed E-state index contributed by atoms with van der Waals surface area (Å²) < 4.78 is 11.2. The maximum Gasteiger partial charge on any atom is 0.166 e. The second-order valence-corrected chi connectivity index (χ2v) is 3.82. The van der Waals surface area contributed by atoms with Crippen LogP contribution in [0.15, 0.2) is 18.2 Å². The molecule has 82 valence electrons. The van der Waals surface area contributed by atoms with E-state index in [0.29, 0.717) is 12.6 Å². The SMILES string of the molecule is COc1cccc(CN)c1OC1CCC1. The van der Waals surface area contributed by atoms with Crippen LogP contribution in [0.2, 0.25) is 0 Å². The number of benzene rings is 1. The Morgan fingerprint density at radius 3 is 2.73 bits per heavy atom. The molecule has 1 saturated carbocycles. The van der Waals surface area contributed by atoms with Crippen LogP contribution in [0.3, 0.4) is 0 Å². The van der Waals surface area contributed by atoms with E-state index < -0.39 is 0 Å². The van der Waals surface area contributed by atoms with Crippen molar-refractivity contribution in [1.29, 1.82) is 0 Å². The average molecular weight is 207 g/mol. The lowest BCUT2D eigenvalue weighted by Crippen LogP contribution is -2.25. The van der Waals surface area contributed by atoms with Crippen molar-refractivity contribution < 1.29 is 9.47 Å². The molecule has 3 heteroatoms. The molecule has 1 aromatic carbocycles. The zero-order chi connectivity index (χ0) is 10.7. The van der Waals surface area contributed by atoms with E-state index in [9.17, 15) is 0 Å². The van der Waals surface area contributed by atoms with Gasteiger partial charge in [0.2, 0.25) is 0 Å². The average Bonchev–Trinajstić information content (AvgIpc) is 2.23. The number of ether oxygens (including phenoxy) is 2. The van der Waals surface area contributed by atoms with Gasteiger partial charge in [0.15, 0.2) is 11.5 Å². The van der Waals surface area contributed by atoms with Crippen LogP contribution in [0.4, 0.5) is 0 Å². The number of rotatable bonds is 4. The minimum absolute atomic E-state index is 0.353. The summed E-state index contributed by atoms with van der Waals surface area (Å²) in [4.78, 5) is 0. The summed E-state index contributed by atoms with van der Waals surface area (Å²) in [6.45, 7) is 0.485. The molecule has 0 atom stereocenters. The quantitative estimate of drug-likeness (QED) is 0.822. The lowest BCUT2D eigenvalue weighted by Gasteiger charge is -2.28. The Bertz CT molecular complexity index is 312. The Kier molecular flexibility index (Phi) is 3.11. The van der Waals surface area contributed by atoms with Crippen LogP contribution in [-0.4, -0.2) is 13.2 Å². The molecule has 1 aliphatic carbocycles. The summed E-state index contributed by atoms with van der Waals surface area (Å²) in [5, 5.41) is 0. The van der Waals surface area contributed by atoms with Crippen LogP contribution >= 0.6 is 0 Å². The molecule has 0 spiro atoms. The third kappa shape index (κ3) is 2.07. The van der Waals surface area contributed by atoms with E-state index in [0.717, 1.165) is 29.9 Å². The van der Waals surface area contributed by atoms with Crippen LogP contribution < -0.4 is 15.2 Å². The van der Waals surface area contributed by atoms with E-state index in [1.54, 1.807) is 7.11 Å². The molecule has 0 bridgehead atoms. The first-order valence-electron chi connectivity index (χ1n) is 5.37. The topological polar surface area (TPSA) is 44.5 Å². The van der Waals surface area contributed by atoms with E-state index in [1.807, 2.05) is 18.2 Å². The Hall–Kier alpha value is -1.22. The Balaban J connectivity index is 2.23. The van der Waals surface area contributed by atoms with Crippen LogP contribution in [0.25, 0.3) is 0 Å². The third-order valence-corrected chi connectivity index (χ3v) is 2.84. The fourth-order valence-electron chi connectivity index (χ4n) is 1.67. The molecule has 3 nitrogen and oxygen atoms in total. The van der Waals surface area contributed by atoms with Gasteiger partial charge in [0.25, 0.3) is 0 Å². The van der Waals surface area contributed by atoms with Crippen molar-refractivity contribution in [2.24, 2.45) is 5.73 Å². The van der Waals surface area contributed by atoms with Gasteiger partial charge < -0.3 is 15.2 Å². The first kappa shape index (κ1) is 10.3. The normalized spacial score (nSPS) is 15.9. The van der Waals surface area contributed by atoms with Crippen molar-refractivity contribution in [2.45, 2.75) is 31.9 Å². The predicted molar refractivity (Wildman–Crippen MR) is 59.2 cm³/mol. The van der Waals surface area contributed by atoms with Crippen molar-refractivity contribution in [1.82, 2.24) is 0 Å². The smallest absolute Gasteiger partial charge is 0.166 e. The highest BCUT2D eigenvalue weighted by Crippen LogP contribution is 2.35. The van der Waals surface area contributed by atoms with Crippen LogP contribution in [-0.2, 0) is 6.54 Å². The second kappa shape index (κ2) is 4.53.